The van der Waals surface area contributed by atoms with Crippen molar-refractivity contribution in [1.29, 1.82) is 0 Å². The van der Waals surface area contributed by atoms with E-state index < -0.39 is 0 Å². The smallest absolute Gasteiger partial charge is 0.0476 e. The van der Waals surface area contributed by atoms with Crippen molar-refractivity contribution in [2.45, 2.75) is 31.7 Å². The summed E-state index contributed by atoms with van der Waals surface area (Å²) in [5, 5.41) is 8.82. The molecule has 62 valence electrons. The monoisotopic (exact) mass is 165 g/mol. The molecule has 1 rings (SSSR count). The average molecular weight is 166 g/mol. The molecule has 0 aromatic rings. The normalized spacial score (nSPS) is 39.3. The molecule has 2 nitrogen and oxygen atoms in total. The van der Waals surface area contributed by atoms with Gasteiger partial charge in [-0.1, -0.05) is 6.42 Å². The van der Waals surface area contributed by atoms with Crippen molar-refractivity contribution < 1.29 is 5.11 Å². The molecule has 0 aromatic heterocycles. The summed E-state index contributed by atoms with van der Waals surface area (Å²) in [7, 11) is 0. The van der Waals surface area contributed by atoms with Crippen LogP contribution in [0.25, 0.3) is 0 Å². The Bertz CT molecular complexity index is 106. The molecule has 0 bridgehead atoms. The van der Waals surface area contributed by atoms with E-state index in [-0.39, 0.29) is 24.6 Å². The third kappa shape index (κ3) is 1.84. The molecule has 1 fully saturated rings. The summed E-state index contributed by atoms with van der Waals surface area (Å²) in [4.78, 5) is 0. The highest BCUT2D eigenvalue weighted by atomic mass is 35.5. The van der Waals surface area contributed by atoms with Gasteiger partial charge in [0.05, 0.1) is 0 Å². The highest BCUT2D eigenvalue weighted by molar-refractivity contribution is 5.85. The molecule has 0 unspecified atom stereocenters. The summed E-state index contributed by atoms with van der Waals surface area (Å²) in [6, 6.07) is 0. The maximum Gasteiger partial charge on any atom is 0.0476 e. The van der Waals surface area contributed by atoms with Crippen LogP contribution in [0.1, 0.15) is 26.2 Å². The van der Waals surface area contributed by atoms with E-state index in [2.05, 4.69) is 0 Å². The number of halogens is 1. The van der Waals surface area contributed by atoms with Crippen LogP contribution in [0, 0.1) is 5.92 Å². The topological polar surface area (TPSA) is 46.2 Å². The lowest BCUT2D eigenvalue weighted by molar-refractivity contribution is 0.183. The molecule has 1 saturated carbocycles. The number of rotatable bonds is 1. The minimum atomic E-state index is -0.0885. The van der Waals surface area contributed by atoms with Gasteiger partial charge >= 0.3 is 0 Å². The molecule has 2 atom stereocenters. The molecule has 3 heteroatoms. The third-order valence-corrected chi connectivity index (χ3v) is 2.42. The number of aliphatic hydroxyl groups is 1. The Morgan fingerprint density at radius 1 is 1.70 bits per heavy atom. The Balaban J connectivity index is 0.000000810. The Labute approximate surface area is 68.2 Å². The fourth-order valence-corrected chi connectivity index (χ4v) is 1.56. The zero-order valence-corrected chi connectivity index (χ0v) is 7.16. The van der Waals surface area contributed by atoms with Gasteiger partial charge in [-0.05, 0) is 25.7 Å². The molecule has 0 radical (unpaired) electrons. The zero-order chi connectivity index (χ0) is 6.91. The van der Waals surface area contributed by atoms with Crippen LogP contribution >= 0.6 is 12.4 Å². The van der Waals surface area contributed by atoms with Crippen molar-refractivity contribution in [3.8, 4) is 0 Å². The van der Waals surface area contributed by atoms with Gasteiger partial charge in [0.1, 0.15) is 0 Å². The molecule has 0 spiro atoms. The van der Waals surface area contributed by atoms with Gasteiger partial charge in [0.15, 0.2) is 0 Å². The van der Waals surface area contributed by atoms with Gasteiger partial charge in [-0.25, -0.2) is 0 Å². The molecular weight excluding hydrogens is 150 g/mol. The fraction of sp³-hybridized carbons (Fsp3) is 1.00. The molecule has 1 aliphatic carbocycles. The van der Waals surface area contributed by atoms with E-state index in [0.29, 0.717) is 5.92 Å². The lowest BCUT2D eigenvalue weighted by Crippen LogP contribution is -2.41. The van der Waals surface area contributed by atoms with Crippen LogP contribution in [0.5, 0.6) is 0 Å². The first-order chi connectivity index (χ1) is 4.17. The van der Waals surface area contributed by atoms with Gasteiger partial charge in [0.2, 0.25) is 0 Å². The second kappa shape index (κ2) is 3.56. The van der Waals surface area contributed by atoms with Crippen LogP contribution in [0.2, 0.25) is 0 Å². The third-order valence-electron chi connectivity index (χ3n) is 2.42. The number of hydrogen-bond acceptors (Lipinski definition) is 2. The van der Waals surface area contributed by atoms with Crippen molar-refractivity contribution >= 4 is 12.4 Å². The molecule has 3 N–H and O–H groups in total. The zero-order valence-electron chi connectivity index (χ0n) is 6.34. The van der Waals surface area contributed by atoms with E-state index in [1.165, 1.54) is 6.42 Å². The van der Waals surface area contributed by atoms with Crippen LogP contribution in [-0.2, 0) is 0 Å². The van der Waals surface area contributed by atoms with Crippen LogP contribution in [-0.4, -0.2) is 17.3 Å². The maximum atomic E-state index is 8.82. The summed E-state index contributed by atoms with van der Waals surface area (Å²) in [6.07, 6.45) is 3.35. The van der Waals surface area contributed by atoms with E-state index in [9.17, 15) is 0 Å². The predicted octanol–water partition coefficient (Wildman–Crippen LogP) is 0.918. The van der Waals surface area contributed by atoms with E-state index in [4.69, 9.17) is 10.8 Å². The van der Waals surface area contributed by atoms with Crippen molar-refractivity contribution in [1.82, 2.24) is 0 Å². The SMILES string of the molecule is C[C@@]1(N)CCC[C@@H]1CO.Cl. The second-order valence-electron chi connectivity index (χ2n) is 3.28. The van der Waals surface area contributed by atoms with Crippen LogP contribution in [0.3, 0.4) is 0 Å². The predicted molar refractivity (Wildman–Crippen MR) is 44.3 cm³/mol. The van der Waals surface area contributed by atoms with Crippen molar-refractivity contribution in [2.75, 3.05) is 6.61 Å². The largest absolute Gasteiger partial charge is 0.396 e. The Kier molecular flexibility index (Phi) is 3.63. The standard InChI is InChI=1S/C7H15NO.ClH/c1-7(8)4-2-3-6(7)5-9;/h6,9H,2-5,8H2,1H3;1H/t6-,7-;/m1./s1. The number of aliphatic hydroxyl groups excluding tert-OH is 1. The first-order valence-corrected chi connectivity index (χ1v) is 3.56. The minimum Gasteiger partial charge on any atom is -0.396 e. The molecule has 10 heavy (non-hydrogen) atoms. The van der Waals surface area contributed by atoms with E-state index in [1.54, 1.807) is 0 Å². The molecule has 0 aliphatic heterocycles. The Morgan fingerprint density at radius 3 is 2.50 bits per heavy atom. The summed E-state index contributed by atoms with van der Waals surface area (Å²) < 4.78 is 0. The molecule has 0 amide bonds. The molecular formula is C7H16ClNO. The number of nitrogens with two attached hydrogens (primary N) is 1. The van der Waals surface area contributed by atoms with Gasteiger partial charge in [0, 0.05) is 12.1 Å². The van der Waals surface area contributed by atoms with Crippen molar-refractivity contribution in [3.63, 3.8) is 0 Å². The van der Waals surface area contributed by atoms with Crippen molar-refractivity contribution in [2.24, 2.45) is 11.7 Å². The first-order valence-electron chi connectivity index (χ1n) is 3.56. The van der Waals surface area contributed by atoms with E-state index in [0.717, 1.165) is 12.8 Å². The van der Waals surface area contributed by atoms with Crippen molar-refractivity contribution in [3.05, 3.63) is 0 Å². The lowest BCUT2D eigenvalue weighted by atomic mass is 9.91. The second-order valence-corrected chi connectivity index (χ2v) is 3.28. The lowest BCUT2D eigenvalue weighted by Gasteiger charge is -2.24. The van der Waals surface area contributed by atoms with Crippen LogP contribution in [0.15, 0.2) is 0 Å². The molecule has 1 aliphatic rings. The van der Waals surface area contributed by atoms with Gasteiger partial charge < -0.3 is 10.8 Å². The first kappa shape index (κ1) is 10.2. The Hall–Kier alpha value is 0.210. The summed E-state index contributed by atoms with van der Waals surface area (Å²) >= 11 is 0. The van der Waals surface area contributed by atoms with Gasteiger partial charge in [0.25, 0.3) is 0 Å². The highest BCUT2D eigenvalue weighted by Crippen LogP contribution is 2.32. The summed E-state index contributed by atoms with van der Waals surface area (Å²) in [5.41, 5.74) is 5.78. The molecule has 0 heterocycles. The fourth-order valence-electron chi connectivity index (χ4n) is 1.56. The van der Waals surface area contributed by atoms with Crippen LogP contribution in [0.4, 0.5) is 0 Å². The molecule has 0 saturated heterocycles. The number of hydrogen-bond donors (Lipinski definition) is 2. The van der Waals surface area contributed by atoms with Gasteiger partial charge in [-0.3, -0.25) is 0 Å². The molecule has 0 aromatic carbocycles. The minimum absolute atomic E-state index is 0. The Morgan fingerprint density at radius 2 is 2.30 bits per heavy atom. The quantitative estimate of drug-likeness (QED) is 0.607. The highest BCUT2D eigenvalue weighted by Gasteiger charge is 2.34. The summed E-state index contributed by atoms with van der Waals surface area (Å²) in [5.74, 6) is 0.345. The average Bonchev–Trinajstić information content (AvgIpc) is 2.08. The maximum absolute atomic E-state index is 8.82. The van der Waals surface area contributed by atoms with E-state index in [1.807, 2.05) is 6.92 Å². The summed E-state index contributed by atoms with van der Waals surface area (Å²) in [6.45, 7) is 2.29. The van der Waals surface area contributed by atoms with Gasteiger partial charge in [-0.2, -0.15) is 0 Å². The van der Waals surface area contributed by atoms with Crippen LogP contribution < -0.4 is 5.73 Å². The van der Waals surface area contributed by atoms with Gasteiger partial charge in [-0.15, -0.1) is 12.4 Å². The van der Waals surface area contributed by atoms with E-state index >= 15 is 0 Å².